The number of carbonyl (C=O) groups excluding carboxylic acids is 1. The second kappa shape index (κ2) is 9.64. The molecular formula is C23H28N6O2. The standard InChI is InChI=1S/C23H28N6O2/c1-17-6-5-7-19(14-17)29-22(24)26-23(27-29)25-21-9-8-20(15-18(21)16-30)31-13-12-28-10-3-2-4-11-28/h5-9,14-15,21H,2-4,10-13H2,1H3,(H3,24,25,26,27). The molecule has 1 atom stereocenters. The van der Waals surface area contributed by atoms with Gasteiger partial charge in [-0.15, -0.1) is 5.10 Å². The lowest BCUT2D eigenvalue weighted by molar-refractivity contribution is 0.148. The Morgan fingerprint density at radius 1 is 1.29 bits per heavy atom. The van der Waals surface area contributed by atoms with Crippen LogP contribution in [-0.2, 0) is 9.53 Å². The number of nitrogens with two attached hydrogens (primary N) is 1. The largest absolute Gasteiger partial charge is 0.492 e. The molecule has 0 bridgehead atoms. The van der Waals surface area contributed by atoms with Crippen LogP contribution in [0.5, 0.6) is 0 Å². The zero-order chi connectivity index (χ0) is 21.6. The Morgan fingerprint density at radius 2 is 2.13 bits per heavy atom. The lowest BCUT2D eigenvalue weighted by atomic mass is 10.0. The quantitative estimate of drug-likeness (QED) is 0.665. The highest BCUT2D eigenvalue weighted by Gasteiger charge is 2.19. The summed E-state index contributed by atoms with van der Waals surface area (Å²) >= 11 is 0. The minimum atomic E-state index is -0.403. The van der Waals surface area contributed by atoms with Crippen molar-refractivity contribution in [2.75, 3.05) is 37.3 Å². The number of ether oxygens (including phenoxy) is 1. The van der Waals surface area contributed by atoms with Crippen molar-refractivity contribution in [1.82, 2.24) is 19.7 Å². The topological polar surface area (TPSA) is 98.3 Å². The van der Waals surface area contributed by atoms with Crippen molar-refractivity contribution in [1.29, 1.82) is 0 Å². The molecule has 162 valence electrons. The number of likely N-dealkylation sites (tertiary alicyclic amines) is 1. The summed E-state index contributed by atoms with van der Waals surface area (Å²) in [4.78, 5) is 18.2. The molecule has 1 aliphatic carbocycles. The zero-order valence-electron chi connectivity index (χ0n) is 17.8. The summed E-state index contributed by atoms with van der Waals surface area (Å²) in [5.74, 6) is 3.26. The van der Waals surface area contributed by atoms with Crippen LogP contribution in [0.2, 0.25) is 0 Å². The summed E-state index contributed by atoms with van der Waals surface area (Å²) in [5, 5.41) is 7.58. The number of aryl methyl sites for hydroxylation is 1. The zero-order valence-corrected chi connectivity index (χ0v) is 17.8. The predicted molar refractivity (Wildman–Crippen MR) is 121 cm³/mol. The molecule has 0 radical (unpaired) electrons. The van der Waals surface area contributed by atoms with E-state index in [0.29, 0.717) is 23.9 Å². The molecule has 1 aliphatic heterocycles. The first kappa shape index (κ1) is 20.9. The second-order valence-corrected chi connectivity index (χ2v) is 7.88. The van der Waals surface area contributed by atoms with E-state index in [1.165, 1.54) is 19.3 Å². The minimum Gasteiger partial charge on any atom is -0.492 e. The van der Waals surface area contributed by atoms with Crippen molar-refractivity contribution >= 4 is 17.8 Å². The van der Waals surface area contributed by atoms with Gasteiger partial charge in [0.2, 0.25) is 11.9 Å². The van der Waals surface area contributed by atoms with E-state index in [2.05, 4.69) is 20.3 Å². The molecule has 1 saturated heterocycles. The van der Waals surface area contributed by atoms with E-state index in [4.69, 9.17) is 10.5 Å². The molecule has 0 spiro atoms. The van der Waals surface area contributed by atoms with Crippen LogP contribution in [0.25, 0.3) is 5.69 Å². The van der Waals surface area contributed by atoms with Crippen LogP contribution < -0.4 is 11.1 Å². The molecule has 3 N–H and O–H groups in total. The van der Waals surface area contributed by atoms with Crippen LogP contribution in [0.15, 0.2) is 53.8 Å². The number of hydrogen-bond donors (Lipinski definition) is 2. The van der Waals surface area contributed by atoms with Crippen LogP contribution in [-0.4, -0.2) is 57.9 Å². The number of nitrogen functional groups attached to an aromatic ring is 1. The number of piperidine rings is 1. The maximum Gasteiger partial charge on any atom is 0.245 e. The fourth-order valence-electron chi connectivity index (χ4n) is 3.84. The molecule has 31 heavy (non-hydrogen) atoms. The lowest BCUT2D eigenvalue weighted by Gasteiger charge is -2.26. The molecule has 2 heterocycles. The third kappa shape index (κ3) is 5.23. The maximum atomic E-state index is 11.5. The van der Waals surface area contributed by atoms with E-state index in [1.54, 1.807) is 10.8 Å². The molecule has 2 aliphatic rings. The normalized spacial score (nSPS) is 19.1. The summed E-state index contributed by atoms with van der Waals surface area (Å²) in [7, 11) is 0. The predicted octanol–water partition coefficient (Wildman–Crippen LogP) is 2.65. The maximum absolute atomic E-state index is 11.5. The van der Waals surface area contributed by atoms with Crippen molar-refractivity contribution in [3.05, 3.63) is 59.4 Å². The summed E-state index contributed by atoms with van der Waals surface area (Å²) in [6.45, 7) is 5.76. The van der Waals surface area contributed by atoms with Crippen LogP contribution >= 0.6 is 0 Å². The lowest BCUT2D eigenvalue weighted by Crippen LogP contribution is -2.32. The molecule has 0 amide bonds. The third-order valence-corrected chi connectivity index (χ3v) is 5.49. The third-order valence-electron chi connectivity index (χ3n) is 5.49. The first-order chi connectivity index (χ1) is 15.1. The highest BCUT2D eigenvalue weighted by Crippen LogP contribution is 2.21. The van der Waals surface area contributed by atoms with Crippen molar-refractivity contribution in [2.45, 2.75) is 32.2 Å². The number of nitrogens with one attached hydrogen (secondary N) is 1. The highest BCUT2D eigenvalue weighted by atomic mass is 16.5. The van der Waals surface area contributed by atoms with Crippen LogP contribution in [0.3, 0.4) is 0 Å². The van der Waals surface area contributed by atoms with Crippen LogP contribution in [0, 0.1) is 6.92 Å². The number of hydrogen-bond acceptors (Lipinski definition) is 7. The molecule has 1 unspecified atom stereocenters. The number of nitrogens with zero attached hydrogens (tertiary/aromatic N) is 4. The average Bonchev–Trinajstić information content (AvgIpc) is 3.15. The van der Waals surface area contributed by atoms with Crippen molar-refractivity contribution in [3.63, 3.8) is 0 Å². The first-order valence-electron chi connectivity index (χ1n) is 10.7. The number of allylic oxidation sites excluding steroid dienone is 1. The Balaban J connectivity index is 1.37. The van der Waals surface area contributed by atoms with E-state index >= 15 is 0 Å². The first-order valence-corrected chi connectivity index (χ1v) is 10.7. The van der Waals surface area contributed by atoms with E-state index in [0.717, 1.165) is 30.9 Å². The van der Waals surface area contributed by atoms with E-state index in [-0.39, 0.29) is 5.95 Å². The summed E-state index contributed by atoms with van der Waals surface area (Å²) < 4.78 is 7.42. The van der Waals surface area contributed by atoms with Gasteiger partial charge in [0.25, 0.3) is 0 Å². The summed E-state index contributed by atoms with van der Waals surface area (Å²) in [5.41, 5.74) is 8.40. The van der Waals surface area contributed by atoms with Gasteiger partial charge in [-0.25, -0.2) is 4.79 Å². The van der Waals surface area contributed by atoms with Gasteiger partial charge in [-0.3, -0.25) is 4.90 Å². The molecule has 1 aromatic heterocycles. The van der Waals surface area contributed by atoms with Gasteiger partial charge in [-0.05, 0) is 62.7 Å². The van der Waals surface area contributed by atoms with E-state index < -0.39 is 6.04 Å². The SMILES string of the molecule is Cc1cccc(-n2nc(NC3C=CC(OCCN4CCCCC4)=CC3=C=O)nc2N)c1. The molecule has 8 heteroatoms. The Labute approximate surface area is 182 Å². The van der Waals surface area contributed by atoms with Gasteiger partial charge in [0.1, 0.15) is 18.3 Å². The van der Waals surface area contributed by atoms with Gasteiger partial charge in [0.15, 0.2) is 0 Å². The Kier molecular flexibility index (Phi) is 6.50. The van der Waals surface area contributed by atoms with E-state index in [9.17, 15) is 4.79 Å². The van der Waals surface area contributed by atoms with Crippen molar-refractivity contribution in [3.8, 4) is 5.69 Å². The number of benzene rings is 1. The number of anilines is 2. The molecular weight excluding hydrogens is 392 g/mol. The Bertz CT molecular complexity index is 1030. The Hall–Kier alpha value is -3.35. The summed E-state index contributed by atoms with van der Waals surface area (Å²) in [6, 6.07) is 7.42. The second-order valence-electron chi connectivity index (χ2n) is 7.88. The number of aromatic nitrogens is 3. The van der Waals surface area contributed by atoms with Gasteiger partial charge >= 0.3 is 0 Å². The fourth-order valence-corrected chi connectivity index (χ4v) is 3.84. The molecule has 0 saturated carbocycles. The molecule has 1 aromatic carbocycles. The van der Waals surface area contributed by atoms with Gasteiger partial charge in [0, 0.05) is 6.54 Å². The molecule has 8 nitrogen and oxygen atoms in total. The van der Waals surface area contributed by atoms with E-state index in [1.807, 2.05) is 49.3 Å². The van der Waals surface area contributed by atoms with Gasteiger partial charge in [-0.1, -0.05) is 24.6 Å². The van der Waals surface area contributed by atoms with Gasteiger partial charge in [-0.2, -0.15) is 9.67 Å². The monoisotopic (exact) mass is 420 g/mol. The van der Waals surface area contributed by atoms with Gasteiger partial charge in [0.05, 0.1) is 17.3 Å². The summed E-state index contributed by atoms with van der Waals surface area (Å²) in [6.07, 6.45) is 9.24. The minimum absolute atomic E-state index is 0.266. The van der Waals surface area contributed by atoms with Crippen LogP contribution in [0.4, 0.5) is 11.9 Å². The van der Waals surface area contributed by atoms with Crippen molar-refractivity contribution < 1.29 is 9.53 Å². The fraction of sp³-hybridized carbons (Fsp3) is 0.391. The molecule has 1 fully saturated rings. The smallest absolute Gasteiger partial charge is 0.245 e. The molecule has 2 aromatic rings. The van der Waals surface area contributed by atoms with Crippen LogP contribution in [0.1, 0.15) is 24.8 Å². The number of rotatable bonds is 7. The average molecular weight is 421 g/mol. The Morgan fingerprint density at radius 3 is 2.90 bits per heavy atom. The highest BCUT2D eigenvalue weighted by molar-refractivity contribution is 5.65. The molecule has 4 rings (SSSR count). The van der Waals surface area contributed by atoms with Crippen molar-refractivity contribution in [2.24, 2.45) is 0 Å². The van der Waals surface area contributed by atoms with Gasteiger partial charge < -0.3 is 15.8 Å².